The number of hydrogen-bond donors (Lipinski definition) is 0. The standard InChI is InChI=1S/C31H30N2O2S2/c34-30-29(19-18-28(24-10-3-1-4-11-24)25-12-5-2-6-13-25)37-31(36)33(30)26-14-16-27(17-15-26)35-23-9-22-32-20-7-8-21-32/h1-6,10-19H,7-9,20-23H2/b29-19-. The molecule has 2 aliphatic heterocycles. The van der Waals surface area contributed by atoms with E-state index in [-0.39, 0.29) is 5.91 Å². The van der Waals surface area contributed by atoms with Gasteiger partial charge < -0.3 is 9.64 Å². The third kappa shape index (κ3) is 6.39. The first-order valence-corrected chi connectivity index (χ1v) is 14.0. The highest BCUT2D eigenvalue weighted by Crippen LogP contribution is 2.36. The molecular weight excluding hydrogens is 496 g/mol. The van der Waals surface area contributed by atoms with Gasteiger partial charge in [-0.05, 0) is 79.4 Å². The molecule has 1 amide bonds. The van der Waals surface area contributed by atoms with E-state index in [0.717, 1.165) is 41.1 Å². The predicted molar refractivity (Wildman–Crippen MR) is 158 cm³/mol. The van der Waals surface area contributed by atoms with Crippen LogP contribution < -0.4 is 9.64 Å². The molecule has 0 radical (unpaired) electrons. The lowest BCUT2D eigenvalue weighted by molar-refractivity contribution is -0.113. The molecule has 0 N–H and O–H groups in total. The van der Waals surface area contributed by atoms with Crippen LogP contribution in [0.3, 0.4) is 0 Å². The lowest BCUT2D eigenvalue weighted by Crippen LogP contribution is -2.27. The van der Waals surface area contributed by atoms with Gasteiger partial charge in [-0.2, -0.15) is 0 Å². The van der Waals surface area contributed by atoms with Gasteiger partial charge in [0.1, 0.15) is 5.75 Å². The highest BCUT2D eigenvalue weighted by atomic mass is 32.2. The molecule has 0 bridgehead atoms. The minimum Gasteiger partial charge on any atom is -0.494 e. The summed E-state index contributed by atoms with van der Waals surface area (Å²) in [5.74, 6) is 0.704. The first-order chi connectivity index (χ1) is 18.2. The quantitative estimate of drug-likeness (QED) is 0.171. The fourth-order valence-electron chi connectivity index (χ4n) is 4.63. The van der Waals surface area contributed by atoms with Crippen LogP contribution >= 0.6 is 24.0 Å². The Morgan fingerprint density at radius 3 is 2.14 bits per heavy atom. The third-order valence-corrected chi connectivity index (χ3v) is 7.87. The Kier molecular flexibility index (Phi) is 8.51. The summed E-state index contributed by atoms with van der Waals surface area (Å²) in [6.45, 7) is 4.20. The second-order valence-electron chi connectivity index (χ2n) is 9.10. The Labute approximate surface area is 228 Å². The number of thiocarbonyl (C=S) groups is 1. The molecule has 2 heterocycles. The van der Waals surface area contributed by atoms with Crippen LogP contribution in [0.2, 0.25) is 0 Å². The summed E-state index contributed by atoms with van der Waals surface area (Å²) >= 11 is 6.92. The maximum Gasteiger partial charge on any atom is 0.270 e. The van der Waals surface area contributed by atoms with E-state index in [1.54, 1.807) is 4.90 Å². The summed E-state index contributed by atoms with van der Waals surface area (Å²) in [6.07, 6.45) is 7.53. The number of benzene rings is 3. The molecule has 6 heteroatoms. The van der Waals surface area contributed by atoms with Gasteiger partial charge in [0.25, 0.3) is 5.91 Å². The fourth-order valence-corrected chi connectivity index (χ4v) is 5.87. The van der Waals surface area contributed by atoms with E-state index in [4.69, 9.17) is 17.0 Å². The van der Waals surface area contributed by atoms with Gasteiger partial charge in [0.05, 0.1) is 17.2 Å². The number of carbonyl (C=O) groups is 1. The highest BCUT2D eigenvalue weighted by Gasteiger charge is 2.33. The third-order valence-electron chi connectivity index (χ3n) is 6.55. The van der Waals surface area contributed by atoms with Gasteiger partial charge in [-0.3, -0.25) is 9.69 Å². The van der Waals surface area contributed by atoms with Gasteiger partial charge in [-0.1, -0.05) is 90.7 Å². The monoisotopic (exact) mass is 526 g/mol. The molecule has 2 fully saturated rings. The van der Waals surface area contributed by atoms with Crippen molar-refractivity contribution in [1.29, 1.82) is 0 Å². The van der Waals surface area contributed by atoms with Crippen molar-refractivity contribution in [3.8, 4) is 5.75 Å². The van der Waals surface area contributed by atoms with Gasteiger partial charge in [-0.15, -0.1) is 0 Å². The summed E-state index contributed by atoms with van der Waals surface area (Å²) in [5.41, 5.74) is 4.00. The predicted octanol–water partition coefficient (Wildman–Crippen LogP) is 6.93. The Bertz CT molecular complexity index is 1240. The average molecular weight is 527 g/mol. The molecular formula is C31H30N2O2S2. The maximum atomic E-state index is 13.3. The zero-order chi connectivity index (χ0) is 25.5. The number of hydrogen-bond acceptors (Lipinski definition) is 5. The molecule has 0 atom stereocenters. The number of ether oxygens (including phenoxy) is 1. The van der Waals surface area contributed by atoms with E-state index < -0.39 is 0 Å². The Morgan fingerprint density at radius 1 is 0.892 bits per heavy atom. The maximum absolute atomic E-state index is 13.3. The van der Waals surface area contributed by atoms with Crippen molar-refractivity contribution in [3.63, 3.8) is 0 Å². The Hall–Kier alpha value is -3.19. The van der Waals surface area contributed by atoms with Gasteiger partial charge in [0.15, 0.2) is 4.32 Å². The number of thioether (sulfide) groups is 1. The Morgan fingerprint density at radius 2 is 1.51 bits per heavy atom. The molecule has 188 valence electrons. The van der Waals surface area contributed by atoms with Crippen molar-refractivity contribution in [1.82, 2.24) is 4.90 Å². The molecule has 0 unspecified atom stereocenters. The number of anilines is 1. The van der Waals surface area contributed by atoms with Crippen molar-refractivity contribution in [3.05, 3.63) is 113 Å². The van der Waals surface area contributed by atoms with Gasteiger partial charge in [-0.25, -0.2) is 0 Å². The lowest BCUT2D eigenvalue weighted by Gasteiger charge is -2.16. The summed E-state index contributed by atoms with van der Waals surface area (Å²) in [7, 11) is 0. The SMILES string of the molecule is O=C1/C(=C/C=C(c2ccccc2)c2ccccc2)SC(=S)N1c1ccc(OCCCN2CCCC2)cc1. The van der Waals surface area contributed by atoms with E-state index >= 15 is 0 Å². The van der Waals surface area contributed by atoms with Crippen molar-refractivity contribution >= 4 is 45.5 Å². The van der Waals surface area contributed by atoms with Crippen LogP contribution in [0, 0.1) is 0 Å². The summed E-state index contributed by atoms with van der Waals surface area (Å²) < 4.78 is 6.45. The van der Waals surface area contributed by atoms with Crippen LogP contribution in [0.5, 0.6) is 5.75 Å². The molecule has 0 spiro atoms. The van der Waals surface area contributed by atoms with E-state index in [1.165, 1.54) is 37.7 Å². The largest absolute Gasteiger partial charge is 0.494 e. The number of rotatable bonds is 9. The van der Waals surface area contributed by atoms with Crippen LogP contribution in [-0.4, -0.2) is 41.4 Å². The topological polar surface area (TPSA) is 32.8 Å². The molecule has 3 aromatic rings. The number of allylic oxidation sites excluding steroid dienone is 2. The van der Waals surface area contributed by atoms with Crippen LogP contribution in [-0.2, 0) is 4.79 Å². The fraction of sp³-hybridized carbons (Fsp3) is 0.226. The molecule has 5 rings (SSSR count). The Balaban J connectivity index is 1.27. The summed E-state index contributed by atoms with van der Waals surface area (Å²) in [6, 6.07) is 28.0. The van der Waals surface area contributed by atoms with Gasteiger partial charge in [0.2, 0.25) is 0 Å². The summed E-state index contributed by atoms with van der Waals surface area (Å²) in [4.78, 5) is 18.0. The van der Waals surface area contributed by atoms with Gasteiger partial charge in [0, 0.05) is 6.54 Å². The van der Waals surface area contributed by atoms with E-state index in [1.807, 2.05) is 72.8 Å². The molecule has 0 saturated carbocycles. The molecule has 4 nitrogen and oxygen atoms in total. The number of carbonyl (C=O) groups excluding carboxylic acids is 1. The van der Waals surface area contributed by atoms with Crippen LogP contribution in [0.15, 0.2) is 102 Å². The second kappa shape index (κ2) is 12.4. The number of amides is 1. The van der Waals surface area contributed by atoms with Crippen molar-refractivity contribution in [2.75, 3.05) is 31.1 Å². The summed E-state index contributed by atoms with van der Waals surface area (Å²) in [5, 5.41) is 0. The van der Waals surface area contributed by atoms with Crippen LogP contribution in [0.1, 0.15) is 30.4 Å². The first-order valence-electron chi connectivity index (χ1n) is 12.7. The van der Waals surface area contributed by atoms with Crippen LogP contribution in [0.4, 0.5) is 5.69 Å². The molecule has 0 aliphatic carbocycles. The number of likely N-dealkylation sites (tertiary alicyclic amines) is 1. The first kappa shape index (κ1) is 25.5. The molecule has 2 saturated heterocycles. The zero-order valence-electron chi connectivity index (χ0n) is 20.7. The average Bonchev–Trinajstić information content (AvgIpc) is 3.56. The van der Waals surface area contributed by atoms with Crippen molar-refractivity contribution in [2.24, 2.45) is 0 Å². The molecule has 0 aromatic heterocycles. The zero-order valence-corrected chi connectivity index (χ0v) is 22.3. The van der Waals surface area contributed by atoms with E-state index in [2.05, 4.69) is 29.2 Å². The smallest absolute Gasteiger partial charge is 0.270 e. The van der Waals surface area contributed by atoms with E-state index in [0.29, 0.717) is 15.8 Å². The molecule has 37 heavy (non-hydrogen) atoms. The lowest BCUT2D eigenvalue weighted by atomic mass is 9.97. The minimum atomic E-state index is -0.106. The second-order valence-corrected chi connectivity index (χ2v) is 10.8. The molecule has 3 aromatic carbocycles. The van der Waals surface area contributed by atoms with Crippen LogP contribution in [0.25, 0.3) is 5.57 Å². The number of nitrogens with zero attached hydrogens (tertiary/aromatic N) is 2. The van der Waals surface area contributed by atoms with Gasteiger partial charge >= 0.3 is 0 Å². The minimum absolute atomic E-state index is 0.106. The molecule has 2 aliphatic rings. The normalized spacial score (nSPS) is 17.0. The van der Waals surface area contributed by atoms with Crippen molar-refractivity contribution in [2.45, 2.75) is 19.3 Å². The van der Waals surface area contributed by atoms with Crippen molar-refractivity contribution < 1.29 is 9.53 Å². The van der Waals surface area contributed by atoms with E-state index in [9.17, 15) is 4.79 Å². The highest BCUT2D eigenvalue weighted by molar-refractivity contribution is 8.27.